The summed E-state index contributed by atoms with van der Waals surface area (Å²) in [6, 6.07) is 4.08. The van der Waals surface area contributed by atoms with Gasteiger partial charge in [0.15, 0.2) is 0 Å². The zero-order valence-electron chi connectivity index (χ0n) is 17.2. The van der Waals surface area contributed by atoms with Crippen molar-refractivity contribution in [3.63, 3.8) is 0 Å². The van der Waals surface area contributed by atoms with Crippen LogP contribution >= 0.6 is 11.8 Å². The first-order valence-electron chi connectivity index (χ1n) is 10.8. The van der Waals surface area contributed by atoms with Gasteiger partial charge in [-0.1, -0.05) is 19.3 Å². The fourth-order valence-electron chi connectivity index (χ4n) is 4.76. The molecule has 6 nitrogen and oxygen atoms in total. The van der Waals surface area contributed by atoms with Crippen LogP contribution in [0.3, 0.4) is 0 Å². The second-order valence-corrected chi connectivity index (χ2v) is 9.23. The SMILES string of the molecule is CSc1nc(C2CC2)cc(C(=O)NCC2(N3CCOCC3)CCCCC2)c1C#N. The number of rotatable bonds is 6. The molecule has 3 fully saturated rings. The van der Waals surface area contributed by atoms with Gasteiger partial charge in [0.2, 0.25) is 0 Å². The summed E-state index contributed by atoms with van der Waals surface area (Å²) < 4.78 is 5.55. The van der Waals surface area contributed by atoms with Crippen LogP contribution in [-0.4, -0.2) is 60.4 Å². The number of morpholine rings is 1. The number of ether oxygens (including phenoxy) is 1. The lowest BCUT2D eigenvalue weighted by atomic mass is 9.79. The third-order valence-corrected chi connectivity index (χ3v) is 7.28. The third kappa shape index (κ3) is 4.45. The Hall–Kier alpha value is -1.62. The molecule has 1 aromatic heterocycles. The molecule has 2 saturated carbocycles. The molecule has 2 aliphatic carbocycles. The lowest BCUT2D eigenvalue weighted by Crippen LogP contribution is -2.59. The smallest absolute Gasteiger partial charge is 0.252 e. The molecule has 4 rings (SSSR count). The molecule has 0 atom stereocenters. The van der Waals surface area contributed by atoms with Crippen molar-refractivity contribution in [3.05, 3.63) is 22.9 Å². The van der Waals surface area contributed by atoms with Crippen LogP contribution in [-0.2, 0) is 4.74 Å². The summed E-state index contributed by atoms with van der Waals surface area (Å²) in [5.41, 5.74) is 1.86. The predicted molar refractivity (Wildman–Crippen MR) is 113 cm³/mol. The number of nitrogens with zero attached hydrogens (tertiary/aromatic N) is 3. The molecule has 1 aromatic rings. The van der Waals surface area contributed by atoms with E-state index in [1.807, 2.05) is 12.3 Å². The predicted octanol–water partition coefficient (Wildman–Crippen LogP) is 3.32. The Bertz CT molecular complexity index is 791. The summed E-state index contributed by atoms with van der Waals surface area (Å²) in [5.74, 6) is 0.303. The molecule has 0 aromatic carbocycles. The number of carbonyl (C=O) groups is 1. The zero-order valence-corrected chi connectivity index (χ0v) is 18.0. The minimum Gasteiger partial charge on any atom is -0.379 e. The molecule has 1 saturated heterocycles. The number of nitriles is 1. The van der Waals surface area contributed by atoms with Gasteiger partial charge in [-0.15, -0.1) is 11.8 Å². The Labute approximate surface area is 177 Å². The van der Waals surface area contributed by atoms with Crippen molar-refractivity contribution in [2.24, 2.45) is 0 Å². The minimum absolute atomic E-state index is 0.0131. The van der Waals surface area contributed by atoms with E-state index in [2.05, 4.69) is 21.3 Å². The number of hydrogen-bond donors (Lipinski definition) is 1. The Morgan fingerprint density at radius 3 is 2.69 bits per heavy atom. The van der Waals surface area contributed by atoms with Gasteiger partial charge in [0, 0.05) is 36.8 Å². The highest BCUT2D eigenvalue weighted by atomic mass is 32.2. The van der Waals surface area contributed by atoms with Gasteiger partial charge in [0.05, 0.1) is 24.3 Å². The molecule has 1 N–H and O–H groups in total. The molecular weight excluding hydrogens is 384 g/mol. The summed E-state index contributed by atoms with van der Waals surface area (Å²) in [5, 5.41) is 13.6. The highest BCUT2D eigenvalue weighted by molar-refractivity contribution is 7.98. The van der Waals surface area contributed by atoms with E-state index in [4.69, 9.17) is 4.74 Å². The minimum atomic E-state index is -0.139. The van der Waals surface area contributed by atoms with E-state index in [1.165, 1.54) is 31.0 Å². The van der Waals surface area contributed by atoms with Crippen molar-refractivity contribution in [3.8, 4) is 6.07 Å². The molecule has 1 aliphatic heterocycles. The summed E-state index contributed by atoms with van der Waals surface area (Å²) in [6.07, 6.45) is 10.0. The van der Waals surface area contributed by atoms with E-state index in [0.717, 1.165) is 57.7 Å². The van der Waals surface area contributed by atoms with Crippen LogP contribution < -0.4 is 5.32 Å². The van der Waals surface area contributed by atoms with Crippen molar-refractivity contribution in [1.29, 1.82) is 5.26 Å². The molecule has 0 radical (unpaired) electrons. The van der Waals surface area contributed by atoms with Crippen LogP contribution in [0.15, 0.2) is 11.1 Å². The monoisotopic (exact) mass is 414 g/mol. The van der Waals surface area contributed by atoms with Crippen LogP contribution in [0.2, 0.25) is 0 Å². The lowest BCUT2D eigenvalue weighted by molar-refractivity contribution is -0.0361. The molecule has 29 heavy (non-hydrogen) atoms. The van der Waals surface area contributed by atoms with E-state index in [9.17, 15) is 10.1 Å². The molecule has 0 spiro atoms. The molecule has 1 amide bonds. The van der Waals surface area contributed by atoms with Gasteiger partial charge >= 0.3 is 0 Å². The van der Waals surface area contributed by atoms with Crippen LogP contribution in [0, 0.1) is 11.3 Å². The second-order valence-electron chi connectivity index (χ2n) is 8.43. The maximum atomic E-state index is 13.2. The molecule has 0 bridgehead atoms. The summed E-state index contributed by atoms with van der Waals surface area (Å²) >= 11 is 1.44. The molecular formula is C22H30N4O2S. The molecule has 0 unspecified atom stereocenters. The van der Waals surface area contributed by atoms with Gasteiger partial charge in [-0.05, 0) is 38.0 Å². The Kier molecular flexibility index (Phi) is 6.43. The first-order valence-corrected chi connectivity index (χ1v) is 12.0. The topological polar surface area (TPSA) is 78.2 Å². The maximum absolute atomic E-state index is 13.2. The van der Waals surface area contributed by atoms with Crippen LogP contribution in [0.4, 0.5) is 0 Å². The number of pyridine rings is 1. The van der Waals surface area contributed by atoms with Crippen LogP contribution in [0.5, 0.6) is 0 Å². The van der Waals surface area contributed by atoms with Gasteiger partial charge in [-0.2, -0.15) is 5.26 Å². The average Bonchev–Trinajstić information content (AvgIpc) is 3.63. The summed E-state index contributed by atoms with van der Waals surface area (Å²) in [7, 11) is 0. The highest BCUT2D eigenvalue weighted by Crippen LogP contribution is 2.40. The number of hydrogen-bond acceptors (Lipinski definition) is 6. The summed E-state index contributed by atoms with van der Waals surface area (Å²) in [4.78, 5) is 20.4. The molecule has 3 aliphatic rings. The fraction of sp³-hybridized carbons (Fsp3) is 0.682. The zero-order chi connectivity index (χ0) is 20.3. The molecule has 156 valence electrons. The number of amides is 1. The van der Waals surface area contributed by atoms with E-state index in [-0.39, 0.29) is 11.4 Å². The quantitative estimate of drug-likeness (QED) is 0.720. The van der Waals surface area contributed by atoms with Crippen molar-refractivity contribution < 1.29 is 9.53 Å². The Balaban J connectivity index is 1.55. The largest absolute Gasteiger partial charge is 0.379 e. The summed E-state index contributed by atoms with van der Waals surface area (Å²) in [6.45, 7) is 4.02. The average molecular weight is 415 g/mol. The van der Waals surface area contributed by atoms with E-state index < -0.39 is 0 Å². The maximum Gasteiger partial charge on any atom is 0.252 e. The van der Waals surface area contributed by atoms with Gasteiger partial charge < -0.3 is 10.1 Å². The van der Waals surface area contributed by atoms with Gasteiger partial charge in [-0.3, -0.25) is 9.69 Å². The normalized spacial score (nSPS) is 22.1. The fourth-order valence-corrected chi connectivity index (χ4v) is 5.31. The van der Waals surface area contributed by atoms with E-state index in [1.54, 1.807) is 0 Å². The van der Waals surface area contributed by atoms with Crippen LogP contribution in [0.1, 0.15) is 72.5 Å². The number of carbonyl (C=O) groups excluding carboxylic acids is 1. The standard InChI is InChI=1S/C22H30N4O2S/c1-29-21-18(14-23)17(13-19(25-21)16-5-6-16)20(27)24-15-22(7-3-2-4-8-22)26-9-11-28-12-10-26/h13,16H,2-12,15H2,1H3,(H,24,27). The lowest BCUT2D eigenvalue weighted by Gasteiger charge is -2.48. The Morgan fingerprint density at radius 1 is 1.34 bits per heavy atom. The van der Waals surface area contributed by atoms with Crippen molar-refractivity contribution in [2.45, 2.75) is 61.4 Å². The van der Waals surface area contributed by atoms with Crippen LogP contribution in [0.25, 0.3) is 0 Å². The van der Waals surface area contributed by atoms with Gasteiger partial charge in [0.1, 0.15) is 11.1 Å². The first-order chi connectivity index (χ1) is 14.2. The third-order valence-electron chi connectivity index (χ3n) is 6.60. The van der Waals surface area contributed by atoms with Gasteiger partial charge in [-0.25, -0.2) is 4.98 Å². The first kappa shape index (κ1) is 20.6. The second kappa shape index (κ2) is 9.03. The molecule has 2 heterocycles. The Morgan fingerprint density at radius 2 is 2.07 bits per heavy atom. The number of thioether (sulfide) groups is 1. The van der Waals surface area contributed by atoms with Crippen molar-refractivity contribution in [2.75, 3.05) is 39.1 Å². The van der Waals surface area contributed by atoms with Crippen molar-refractivity contribution in [1.82, 2.24) is 15.2 Å². The number of aromatic nitrogens is 1. The van der Waals surface area contributed by atoms with Gasteiger partial charge in [0.25, 0.3) is 5.91 Å². The van der Waals surface area contributed by atoms with E-state index >= 15 is 0 Å². The van der Waals surface area contributed by atoms with E-state index in [0.29, 0.717) is 28.6 Å². The number of nitrogens with one attached hydrogen (secondary N) is 1. The highest BCUT2D eigenvalue weighted by Gasteiger charge is 2.39. The molecule has 7 heteroatoms. The van der Waals surface area contributed by atoms with Crippen molar-refractivity contribution >= 4 is 17.7 Å².